The van der Waals surface area contributed by atoms with Gasteiger partial charge in [-0.2, -0.15) is 0 Å². The van der Waals surface area contributed by atoms with E-state index in [0.29, 0.717) is 5.54 Å². The first kappa shape index (κ1) is 12.2. The monoisotopic (exact) mass is 243 g/mol. The maximum atomic E-state index is 3.83. The summed E-state index contributed by atoms with van der Waals surface area (Å²) in [7, 11) is 0. The van der Waals surface area contributed by atoms with Crippen molar-refractivity contribution in [2.45, 2.75) is 57.4 Å². The lowest BCUT2D eigenvalue weighted by Gasteiger charge is -2.40. The van der Waals surface area contributed by atoms with Gasteiger partial charge in [0.25, 0.3) is 0 Å². The van der Waals surface area contributed by atoms with E-state index in [4.69, 9.17) is 0 Å². The molecule has 0 amide bonds. The van der Waals surface area contributed by atoms with Gasteiger partial charge in [-0.25, -0.2) is 0 Å². The summed E-state index contributed by atoms with van der Waals surface area (Å²) >= 11 is 0. The van der Waals surface area contributed by atoms with Gasteiger partial charge in [0.1, 0.15) is 0 Å². The summed E-state index contributed by atoms with van der Waals surface area (Å²) in [6.45, 7) is 5.94. The molecule has 0 aromatic heterocycles. The molecule has 2 aliphatic rings. The first-order valence-electron chi connectivity index (χ1n) is 7.51. The Balaban J connectivity index is 1.72. The van der Waals surface area contributed by atoms with Crippen molar-refractivity contribution in [3.05, 3.63) is 35.4 Å². The van der Waals surface area contributed by atoms with Crippen LogP contribution in [0.1, 0.15) is 56.6 Å². The minimum absolute atomic E-state index is 0.437. The predicted octanol–water partition coefficient (Wildman–Crippen LogP) is 3.88. The van der Waals surface area contributed by atoms with Crippen molar-refractivity contribution < 1.29 is 0 Å². The molecular formula is C17H25N. The van der Waals surface area contributed by atoms with E-state index < -0.39 is 0 Å². The number of nitrogens with one attached hydrogen (secondary N) is 1. The van der Waals surface area contributed by atoms with Crippen LogP contribution in [0.2, 0.25) is 0 Å². The van der Waals surface area contributed by atoms with Crippen LogP contribution in [0.15, 0.2) is 24.3 Å². The fourth-order valence-electron chi connectivity index (χ4n) is 4.10. The molecule has 1 fully saturated rings. The Labute approximate surface area is 111 Å². The van der Waals surface area contributed by atoms with Gasteiger partial charge in [0.05, 0.1) is 0 Å². The molecule has 1 saturated heterocycles. The first-order valence-corrected chi connectivity index (χ1v) is 7.51. The van der Waals surface area contributed by atoms with Gasteiger partial charge in [-0.1, -0.05) is 38.1 Å². The molecule has 1 aliphatic heterocycles. The van der Waals surface area contributed by atoms with Crippen LogP contribution >= 0.6 is 0 Å². The Bertz CT molecular complexity index is 415. The Morgan fingerprint density at radius 3 is 2.83 bits per heavy atom. The van der Waals surface area contributed by atoms with Crippen molar-refractivity contribution in [3.63, 3.8) is 0 Å². The van der Waals surface area contributed by atoms with Crippen molar-refractivity contribution in [1.82, 2.24) is 5.32 Å². The molecule has 2 unspecified atom stereocenters. The Hall–Kier alpha value is -0.820. The van der Waals surface area contributed by atoms with Crippen LogP contribution in [0.3, 0.4) is 0 Å². The SMILES string of the molecule is CC(C)CC1(CC2Cc3ccccc32)CCCN1. The van der Waals surface area contributed by atoms with Gasteiger partial charge in [-0.15, -0.1) is 0 Å². The van der Waals surface area contributed by atoms with Gasteiger partial charge < -0.3 is 5.32 Å². The third-order valence-electron chi connectivity index (χ3n) is 4.73. The predicted molar refractivity (Wildman–Crippen MR) is 76.9 cm³/mol. The van der Waals surface area contributed by atoms with Gasteiger partial charge in [-0.05, 0) is 61.6 Å². The normalized spacial score (nSPS) is 30.3. The smallest absolute Gasteiger partial charge is 0.0190 e. The summed E-state index contributed by atoms with van der Waals surface area (Å²) in [5.74, 6) is 1.61. The van der Waals surface area contributed by atoms with E-state index in [2.05, 4.69) is 43.4 Å². The van der Waals surface area contributed by atoms with Gasteiger partial charge >= 0.3 is 0 Å². The maximum absolute atomic E-state index is 3.83. The van der Waals surface area contributed by atoms with Gasteiger partial charge in [0.15, 0.2) is 0 Å². The molecule has 1 nitrogen and oxygen atoms in total. The molecule has 18 heavy (non-hydrogen) atoms. The third kappa shape index (κ3) is 2.21. The van der Waals surface area contributed by atoms with E-state index in [1.165, 1.54) is 38.6 Å². The highest BCUT2D eigenvalue weighted by Gasteiger charge is 2.39. The molecule has 0 spiro atoms. The molecule has 1 aromatic rings. The van der Waals surface area contributed by atoms with Crippen molar-refractivity contribution in [1.29, 1.82) is 0 Å². The van der Waals surface area contributed by atoms with E-state index in [-0.39, 0.29) is 0 Å². The van der Waals surface area contributed by atoms with E-state index >= 15 is 0 Å². The zero-order valence-corrected chi connectivity index (χ0v) is 11.7. The second kappa shape index (κ2) is 4.70. The Morgan fingerprint density at radius 2 is 2.17 bits per heavy atom. The molecule has 1 heterocycles. The molecule has 1 aliphatic carbocycles. The van der Waals surface area contributed by atoms with Crippen LogP contribution in [-0.2, 0) is 6.42 Å². The van der Waals surface area contributed by atoms with Crippen LogP contribution in [0.4, 0.5) is 0 Å². The molecule has 0 radical (unpaired) electrons. The van der Waals surface area contributed by atoms with Crippen molar-refractivity contribution in [2.24, 2.45) is 5.92 Å². The summed E-state index contributed by atoms with van der Waals surface area (Å²) < 4.78 is 0. The van der Waals surface area contributed by atoms with Crippen LogP contribution < -0.4 is 5.32 Å². The molecule has 2 atom stereocenters. The topological polar surface area (TPSA) is 12.0 Å². The van der Waals surface area contributed by atoms with Crippen molar-refractivity contribution in [3.8, 4) is 0 Å². The number of hydrogen-bond acceptors (Lipinski definition) is 1. The van der Waals surface area contributed by atoms with Crippen LogP contribution in [0.5, 0.6) is 0 Å². The lowest BCUT2D eigenvalue weighted by molar-refractivity contribution is 0.256. The van der Waals surface area contributed by atoms with Crippen molar-refractivity contribution >= 4 is 0 Å². The zero-order chi connectivity index (χ0) is 12.6. The fourth-order valence-corrected chi connectivity index (χ4v) is 4.10. The molecule has 98 valence electrons. The van der Waals surface area contributed by atoms with Gasteiger partial charge in [0.2, 0.25) is 0 Å². The zero-order valence-electron chi connectivity index (χ0n) is 11.7. The second-order valence-electron chi connectivity index (χ2n) is 6.71. The first-order chi connectivity index (χ1) is 8.69. The highest BCUT2D eigenvalue weighted by atomic mass is 15.0. The van der Waals surface area contributed by atoms with Crippen LogP contribution in [-0.4, -0.2) is 12.1 Å². The quantitative estimate of drug-likeness (QED) is 0.846. The average Bonchev–Trinajstić information content (AvgIpc) is 2.74. The molecule has 1 N–H and O–H groups in total. The number of benzene rings is 1. The highest BCUT2D eigenvalue weighted by Crippen LogP contribution is 2.44. The second-order valence-corrected chi connectivity index (χ2v) is 6.71. The number of hydrogen-bond donors (Lipinski definition) is 1. The standard InChI is InChI=1S/C17H25N/c1-13(2)11-17(8-5-9-18-17)12-15-10-14-6-3-4-7-16(14)15/h3-4,6-7,13,15,18H,5,8-12H2,1-2H3. The van der Waals surface area contributed by atoms with Crippen LogP contribution in [0, 0.1) is 5.92 Å². The van der Waals surface area contributed by atoms with E-state index in [1.54, 1.807) is 11.1 Å². The Morgan fingerprint density at radius 1 is 1.33 bits per heavy atom. The average molecular weight is 243 g/mol. The number of rotatable bonds is 4. The van der Waals surface area contributed by atoms with Gasteiger partial charge in [0, 0.05) is 5.54 Å². The van der Waals surface area contributed by atoms with E-state index in [1.807, 2.05) is 0 Å². The van der Waals surface area contributed by atoms with Crippen molar-refractivity contribution in [2.75, 3.05) is 6.54 Å². The van der Waals surface area contributed by atoms with E-state index in [9.17, 15) is 0 Å². The summed E-state index contributed by atoms with van der Waals surface area (Å²) in [5.41, 5.74) is 3.64. The number of fused-ring (bicyclic) bond motifs is 1. The molecule has 3 rings (SSSR count). The largest absolute Gasteiger partial charge is 0.311 e. The van der Waals surface area contributed by atoms with Crippen LogP contribution in [0.25, 0.3) is 0 Å². The lowest BCUT2D eigenvalue weighted by atomic mass is 9.69. The summed E-state index contributed by atoms with van der Waals surface area (Å²) in [6.07, 6.45) is 6.73. The molecule has 0 saturated carbocycles. The minimum Gasteiger partial charge on any atom is -0.311 e. The highest BCUT2D eigenvalue weighted by molar-refractivity contribution is 5.40. The Kier molecular flexibility index (Phi) is 3.19. The molecule has 1 aromatic carbocycles. The molecule has 0 bridgehead atoms. The fraction of sp³-hybridized carbons (Fsp3) is 0.647. The maximum Gasteiger partial charge on any atom is 0.0190 e. The summed E-state index contributed by atoms with van der Waals surface area (Å²) in [4.78, 5) is 0. The lowest BCUT2D eigenvalue weighted by Crippen LogP contribution is -2.43. The van der Waals surface area contributed by atoms with E-state index in [0.717, 1.165) is 11.8 Å². The molecular weight excluding hydrogens is 218 g/mol. The third-order valence-corrected chi connectivity index (χ3v) is 4.73. The summed E-state index contributed by atoms with van der Waals surface area (Å²) in [5, 5.41) is 3.83. The summed E-state index contributed by atoms with van der Waals surface area (Å²) in [6, 6.07) is 9.00. The molecule has 1 heteroatoms. The van der Waals surface area contributed by atoms with Gasteiger partial charge in [-0.3, -0.25) is 0 Å². The minimum atomic E-state index is 0.437.